The Labute approximate surface area is 96.7 Å². The number of nitrogens with zero attached hydrogens (tertiary/aromatic N) is 2. The van der Waals surface area contributed by atoms with Gasteiger partial charge in [-0.25, -0.2) is 0 Å². The van der Waals surface area contributed by atoms with Crippen LogP contribution in [0.4, 0.5) is 0 Å². The lowest BCUT2D eigenvalue weighted by atomic mass is 10.0. The summed E-state index contributed by atoms with van der Waals surface area (Å²) in [7, 11) is 1.93. The highest BCUT2D eigenvalue weighted by molar-refractivity contribution is 5.14. The van der Waals surface area contributed by atoms with Crippen LogP contribution in [-0.4, -0.2) is 27.0 Å². The number of aromatic nitrogens is 2. The maximum atomic E-state index is 10.2. The summed E-state index contributed by atoms with van der Waals surface area (Å²) in [6, 6.07) is 0. The van der Waals surface area contributed by atoms with Crippen LogP contribution in [0, 0.1) is 6.92 Å². The molecule has 0 aliphatic heterocycles. The monoisotopic (exact) mass is 223 g/mol. The maximum absolute atomic E-state index is 10.2. The van der Waals surface area contributed by atoms with Gasteiger partial charge in [0.2, 0.25) is 0 Å². The SMILES string of the molecule is Cc1nn(C)cc1CNCC1(O)CCCC1. The molecule has 0 unspecified atom stereocenters. The van der Waals surface area contributed by atoms with E-state index in [0.29, 0.717) is 6.54 Å². The number of hydrogen-bond acceptors (Lipinski definition) is 3. The molecule has 1 aromatic rings. The van der Waals surface area contributed by atoms with Crippen LogP contribution in [0.3, 0.4) is 0 Å². The summed E-state index contributed by atoms with van der Waals surface area (Å²) in [6.45, 7) is 3.50. The van der Waals surface area contributed by atoms with Gasteiger partial charge in [-0.3, -0.25) is 4.68 Å². The van der Waals surface area contributed by atoms with Crippen LogP contribution in [-0.2, 0) is 13.6 Å². The third kappa shape index (κ3) is 2.62. The molecule has 1 aliphatic rings. The molecule has 0 aromatic carbocycles. The minimum atomic E-state index is -0.462. The predicted molar refractivity (Wildman–Crippen MR) is 63.1 cm³/mol. The van der Waals surface area contributed by atoms with Gasteiger partial charge >= 0.3 is 0 Å². The number of hydrogen-bond donors (Lipinski definition) is 2. The predicted octanol–water partition coefficient (Wildman–Crippen LogP) is 1.12. The molecule has 0 saturated heterocycles. The van der Waals surface area contributed by atoms with E-state index in [-0.39, 0.29) is 0 Å². The fraction of sp³-hybridized carbons (Fsp3) is 0.750. The Hall–Kier alpha value is -0.870. The molecule has 0 amide bonds. The molecule has 90 valence electrons. The van der Waals surface area contributed by atoms with Crippen molar-refractivity contribution in [2.75, 3.05) is 6.54 Å². The first-order valence-corrected chi connectivity index (χ1v) is 6.01. The summed E-state index contributed by atoms with van der Waals surface area (Å²) < 4.78 is 1.83. The smallest absolute Gasteiger partial charge is 0.0771 e. The summed E-state index contributed by atoms with van der Waals surface area (Å²) >= 11 is 0. The van der Waals surface area contributed by atoms with Crippen LogP contribution < -0.4 is 5.32 Å². The van der Waals surface area contributed by atoms with Crippen LogP contribution in [0.5, 0.6) is 0 Å². The number of aryl methyl sites for hydroxylation is 2. The second-order valence-electron chi connectivity index (χ2n) is 4.95. The topological polar surface area (TPSA) is 50.1 Å². The summed E-state index contributed by atoms with van der Waals surface area (Å²) in [6.07, 6.45) is 6.22. The molecule has 2 rings (SSSR count). The molecule has 1 fully saturated rings. The molecule has 1 aliphatic carbocycles. The Balaban J connectivity index is 1.81. The first-order valence-electron chi connectivity index (χ1n) is 6.01. The minimum absolute atomic E-state index is 0.462. The van der Waals surface area contributed by atoms with Gasteiger partial charge in [-0.2, -0.15) is 5.10 Å². The Kier molecular flexibility index (Phi) is 3.30. The van der Waals surface area contributed by atoms with E-state index < -0.39 is 5.60 Å². The zero-order valence-corrected chi connectivity index (χ0v) is 10.2. The van der Waals surface area contributed by atoms with Crippen LogP contribution in [0.2, 0.25) is 0 Å². The third-order valence-corrected chi connectivity index (χ3v) is 3.42. The highest BCUT2D eigenvalue weighted by Gasteiger charge is 2.30. The molecule has 1 heterocycles. The van der Waals surface area contributed by atoms with Crippen molar-refractivity contribution < 1.29 is 5.11 Å². The molecule has 16 heavy (non-hydrogen) atoms. The van der Waals surface area contributed by atoms with E-state index in [0.717, 1.165) is 37.9 Å². The molecule has 0 spiro atoms. The van der Waals surface area contributed by atoms with Gasteiger partial charge < -0.3 is 10.4 Å². The quantitative estimate of drug-likeness (QED) is 0.804. The van der Waals surface area contributed by atoms with E-state index in [9.17, 15) is 5.11 Å². The van der Waals surface area contributed by atoms with Gasteiger partial charge in [-0.1, -0.05) is 12.8 Å². The number of rotatable bonds is 4. The van der Waals surface area contributed by atoms with Crippen molar-refractivity contribution in [1.82, 2.24) is 15.1 Å². The van der Waals surface area contributed by atoms with Crippen molar-refractivity contribution in [3.63, 3.8) is 0 Å². The second-order valence-corrected chi connectivity index (χ2v) is 4.95. The molecule has 0 bridgehead atoms. The molecule has 4 nitrogen and oxygen atoms in total. The van der Waals surface area contributed by atoms with Gasteiger partial charge in [0.05, 0.1) is 11.3 Å². The second kappa shape index (κ2) is 4.55. The Morgan fingerprint density at radius 1 is 1.50 bits per heavy atom. The molecule has 4 heteroatoms. The van der Waals surface area contributed by atoms with Crippen molar-refractivity contribution >= 4 is 0 Å². The highest BCUT2D eigenvalue weighted by atomic mass is 16.3. The zero-order valence-electron chi connectivity index (χ0n) is 10.2. The number of aliphatic hydroxyl groups is 1. The molecule has 0 radical (unpaired) electrons. The van der Waals surface area contributed by atoms with Crippen molar-refractivity contribution in [2.45, 2.75) is 44.8 Å². The minimum Gasteiger partial charge on any atom is -0.389 e. The lowest BCUT2D eigenvalue weighted by Gasteiger charge is -2.22. The average molecular weight is 223 g/mol. The third-order valence-electron chi connectivity index (χ3n) is 3.42. The highest BCUT2D eigenvalue weighted by Crippen LogP contribution is 2.28. The van der Waals surface area contributed by atoms with Gasteiger partial charge in [0.1, 0.15) is 0 Å². The lowest BCUT2D eigenvalue weighted by Crippen LogP contribution is -2.37. The maximum Gasteiger partial charge on any atom is 0.0771 e. The van der Waals surface area contributed by atoms with Crippen molar-refractivity contribution in [2.24, 2.45) is 7.05 Å². The van der Waals surface area contributed by atoms with E-state index in [2.05, 4.69) is 10.4 Å². The average Bonchev–Trinajstić information content (AvgIpc) is 2.75. The van der Waals surface area contributed by atoms with Crippen molar-refractivity contribution in [3.8, 4) is 0 Å². The summed E-state index contributed by atoms with van der Waals surface area (Å²) in [5.74, 6) is 0. The molecule has 1 aromatic heterocycles. The van der Waals surface area contributed by atoms with Gasteiger partial charge in [-0.05, 0) is 19.8 Å². The molecular formula is C12H21N3O. The van der Waals surface area contributed by atoms with Gasteiger partial charge in [0.15, 0.2) is 0 Å². The van der Waals surface area contributed by atoms with Crippen LogP contribution in [0.15, 0.2) is 6.20 Å². The fourth-order valence-electron chi connectivity index (χ4n) is 2.46. The van der Waals surface area contributed by atoms with Crippen LogP contribution in [0.1, 0.15) is 36.9 Å². The van der Waals surface area contributed by atoms with E-state index in [1.54, 1.807) is 0 Å². The standard InChI is InChI=1S/C12H21N3O/c1-10-11(8-15(2)14-10)7-13-9-12(16)5-3-4-6-12/h8,13,16H,3-7,9H2,1-2H3. The first-order chi connectivity index (χ1) is 7.59. The van der Waals surface area contributed by atoms with E-state index in [4.69, 9.17) is 0 Å². The van der Waals surface area contributed by atoms with Crippen LogP contribution >= 0.6 is 0 Å². The Morgan fingerprint density at radius 2 is 2.19 bits per heavy atom. The molecule has 2 N–H and O–H groups in total. The summed E-state index contributed by atoms with van der Waals surface area (Å²) in [5, 5.41) is 17.8. The molecular weight excluding hydrogens is 202 g/mol. The normalized spacial score (nSPS) is 19.2. The van der Waals surface area contributed by atoms with Crippen LogP contribution in [0.25, 0.3) is 0 Å². The fourth-order valence-corrected chi connectivity index (χ4v) is 2.46. The van der Waals surface area contributed by atoms with Crippen molar-refractivity contribution in [1.29, 1.82) is 0 Å². The van der Waals surface area contributed by atoms with Gasteiger partial charge in [0.25, 0.3) is 0 Å². The number of nitrogens with one attached hydrogen (secondary N) is 1. The van der Waals surface area contributed by atoms with Gasteiger partial charge in [-0.15, -0.1) is 0 Å². The largest absolute Gasteiger partial charge is 0.389 e. The van der Waals surface area contributed by atoms with E-state index in [1.807, 2.05) is 24.9 Å². The molecule has 1 saturated carbocycles. The Bertz CT molecular complexity index is 353. The van der Waals surface area contributed by atoms with E-state index in [1.165, 1.54) is 5.56 Å². The van der Waals surface area contributed by atoms with Crippen molar-refractivity contribution in [3.05, 3.63) is 17.5 Å². The lowest BCUT2D eigenvalue weighted by molar-refractivity contribution is 0.0474. The molecule has 0 atom stereocenters. The Morgan fingerprint density at radius 3 is 2.75 bits per heavy atom. The summed E-state index contributed by atoms with van der Waals surface area (Å²) in [4.78, 5) is 0. The first kappa shape index (κ1) is 11.6. The summed E-state index contributed by atoms with van der Waals surface area (Å²) in [5.41, 5.74) is 1.81. The van der Waals surface area contributed by atoms with Gasteiger partial charge in [0, 0.05) is 31.9 Å². The van der Waals surface area contributed by atoms with E-state index >= 15 is 0 Å². The zero-order chi connectivity index (χ0) is 11.6.